The van der Waals surface area contributed by atoms with Gasteiger partial charge >= 0.3 is 29.6 Å². The van der Waals surface area contributed by atoms with Gasteiger partial charge in [-0.3, -0.25) is 0 Å². The molecule has 12 nitrogen and oxygen atoms in total. The van der Waals surface area contributed by atoms with E-state index in [0.29, 0.717) is 5.56 Å². The predicted octanol–water partition coefficient (Wildman–Crippen LogP) is -6.51. The van der Waals surface area contributed by atoms with Gasteiger partial charge in [-0.1, -0.05) is 30.3 Å². The number of thioether (sulfide) groups is 1. The van der Waals surface area contributed by atoms with E-state index < -0.39 is 79.2 Å². The Morgan fingerprint density at radius 1 is 0.971 bits per heavy atom. The third kappa shape index (κ3) is 7.15. The Kier molecular flexibility index (Phi) is 12.3. The minimum absolute atomic E-state index is 0. The molecule has 0 amide bonds. The Hall–Kier alpha value is -0.360. The summed E-state index contributed by atoms with van der Waals surface area (Å²) in [6.45, 7) is -0.633. The van der Waals surface area contributed by atoms with Gasteiger partial charge in [-0.05, 0) is 5.56 Å². The molecule has 0 aromatic heterocycles. The molecule has 0 bridgehead atoms. The van der Waals surface area contributed by atoms with E-state index in [1.807, 2.05) is 0 Å². The van der Waals surface area contributed by atoms with Crippen molar-refractivity contribution in [1.29, 1.82) is 0 Å². The van der Waals surface area contributed by atoms with Crippen molar-refractivity contribution in [2.75, 3.05) is 19.5 Å². The van der Waals surface area contributed by atoms with Gasteiger partial charge in [-0.15, -0.1) is 11.8 Å². The van der Waals surface area contributed by atoms with Gasteiger partial charge in [0.05, 0.1) is 23.9 Å². The van der Waals surface area contributed by atoms with Crippen LogP contribution in [0.3, 0.4) is 0 Å². The van der Waals surface area contributed by atoms with Crippen molar-refractivity contribution < 1.29 is 89.0 Å². The molecule has 2 saturated heterocycles. The molecule has 2 heterocycles. The Morgan fingerprint density at radius 3 is 2.14 bits per heavy atom. The Balaban J connectivity index is 0.00000432. The van der Waals surface area contributed by atoms with E-state index in [1.54, 1.807) is 30.3 Å². The van der Waals surface area contributed by atoms with Crippen LogP contribution in [-0.4, -0.2) is 117 Å². The quantitative estimate of drug-likeness (QED) is 0.166. The van der Waals surface area contributed by atoms with Crippen molar-refractivity contribution in [2.45, 2.75) is 66.7 Å². The standard InChI is InChI=1S/C21H30O12S.Na/c1-30-20-16(27)14(25)17(10(7-22)31-20)33-21-15(26)13(24)12(23)11(32-21)8-34-18(19(28)29)9-5-3-2-4-6-9;/h2-6,10-18,20-27H,7-8H2,1H3,(H,28,29);/q;+1/p-1/t10-,11-,12+,13+,14-,15-,16-,17-,18?,20-,21+;/m1./s1. The third-order valence-corrected chi connectivity index (χ3v) is 7.08. The SMILES string of the molecule is CO[C@@H]1O[C@H](CO)[C@@H](O[C@@H]2O[C@H](CSC(C(=O)[O-])c3ccccc3)[C@H](O)[C@H](O)[C@H]2O)[C@H](O)[C@H]1O.[Na+]. The first-order chi connectivity index (χ1) is 16.2. The zero-order chi connectivity index (χ0) is 25.0. The van der Waals surface area contributed by atoms with Crippen LogP contribution in [0, 0.1) is 0 Å². The molecule has 35 heavy (non-hydrogen) atoms. The molecule has 192 valence electrons. The molecule has 2 aliphatic rings. The summed E-state index contributed by atoms with van der Waals surface area (Å²) >= 11 is 0.888. The first kappa shape index (κ1) is 30.9. The number of ether oxygens (including phenoxy) is 4. The minimum atomic E-state index is -1.76. The minimum Gasteiger partial charge on any atom is -0.549 e. The van der Waals surface area contributed by atoms with Crippen LogP contribution in [0.1, 0.15) is 10.8 Å². The zero-order valence-electron chi connectivity index (χ0n) is 19.2. The largest absolute Gasteiger partial charge is 1.00 e. The van der Waals surface area contributed by atoms with Gasteiger partial charge in [0, 0.05) is 12.9 Å². The predicted molar refractivity (Wildman–Crippen MR) is 113 cm³/mol. The molecular formula is C21H29NaO12S. The Labute approximate surface area is 228 Å². The van der Waals surface area contributed by atoms with Crippen LogP contribution in [0.4, 0.5) is 0 Å². The summed E-state index contributed by atoms with van der Waals surface area (Å²) in [4.78, 5) is 11.6. The number of hydrogen-bond donors (Lipinski definition) is 6. The van der Waals surface area contributed by atoms with E-state index in [4.69, 9.17) is 18.9 Å². The number of aliphatic carboxylic acids is 1. The molecule has 11 atom stereocenters. The summed E-state index contributed by atoms with van der Waals surface area (Å²) in [5, 5.41) is 71.8. The maximum absolute atomic E-state index is 11.6. The van der Waals surface area contributed by atoms with Crippen LogP contribution < -0.4 is 34.7 Å². The summed E-state index contributed by atoms with van der Waals surface area (Å²) in [7, 11) is 1.24. The normalized spacial score (nSPS) is 38.4. The monoisotopic (exact) mass is 528 g/mol. The second-order valence-electron chi connectivity index (χ2n) is 8.00. The van der Waals surface area contributed by atoms with Crippen LogP contribution in [0.2, 0.25) is 0 Å². The van der Waals surface area contributed by atoms with Gasteiger partial charge < -0.3 is 59.5 Å². The summed E-state index contributed by atoms with van der Waals surface area (Å²) in [5.41, 5.74) is 0.459. The number of carboxylic acid groups (broad SMARTS) is 1. The average Bonchev–Trinajstić information content (AvgIpc) is 2.83. The average molecular weight is 529 g/mol. The maximum Gasteiger partial charge on any atom is 1.00 e. The maximum atomic E-state index is 11.6. The molecule has 2 aliphatic heterocycles. The summed E-state index contributed by atoms with van der Waals surface area (Å²) in [6.07, 6.45) is -14.8. The molecule has 6 N–H and O–H groups in total. The van der Waals surface area contributed by atoms with Gasteiger partial charge in [0.1, 0.15) is 42.7 Å². The van der Waals surface area contributed by atoms with Crippen LogP contribution >= 0.6 is 11.8 Å². The molecule has 0 radical (unpaired) electrons. The first-order valence-electron chi connectivity index (χ1n) is 10.6. The number of carbonyl (C=O) groups is 1. The molecule has 2 fully saturated rings. The molecular weight excluding hydrogens is 499 g/mol. The molecule has 3 rings (SSSR count). The fourth-order valence-electron chi connectivity index (χ4n) is 3.86. The molecule has 14 heteroatoms. The molecule has 0 saturated carbocycles. The fourth-order valence-corrected chi connectivity index (χ4v) is 5.00. The van der Waals surface area contributed by atoms with E-state index in [1.165, 1.54) is 7.11 Å². The molecule has 1 aromatic rings. The van der Waals surface area contributed by atoms with Crippen molar-refractivity contribution in [3.8, 4) is 0 Å². The smallest absolute Gasteiger partial charge is 0.549 e. The van der Waals surface area contributed by atoms with Crippen LogP contribution in [0.5, 0.6) is 0 Å². The van der Waals surface area contributed by atoms with Gasteiger partial charge in [-0.25, -0.2) is 0 Å². The molecule has 1 unspecified atom stereocenters. The van der Waals surface area contributed by atoms with E-state index in [-0.39, 0.29) is 35.3 Å². The van der Waals surface area contributed by atoms with Crippen molar-refractivity contribution in [3.05, 3.63) is 35.9 Å². The van der Waals surface area contributed by atoms with Crippen LogP contribution in [0.25, 0.3) is 0 Å². The van der Waals surface area contributed by atoms with Gasteiger partial charge in [0.2, 0.25) is 0 Å². The van der Waals surface area contributed by atoms with E-state index in [2.05, 4.69) is 0 Å². The fraction of sp³-hybridized carbons (Fsp3) is 0.667. The third-order valence-electron chi connectivity index (χ3n) is 5.76. The van der Waals surface area contributed by atoms with E-state index in [9.17, 15) is 40.5 Å². The van der Waals surface area contributed by atoms with Gasteiger partial charge in [-0.2, -0.15) is 0 Å². The van der Waals surface area contributed by atoms with Gasteiger partial charge in [0.25, 0.3) is 0 Å². The van der Waals surface area contributed by atoms with Crippen molar-refractivity contribution in [3.63, 3.8) is 0 Å². The topological polar surface area (TPSA) is 198 Å². The Bertz CT molecular complexity index is 789. The molecule has 0 aliphatic carbocycles. The zero-order valence-corrected chi connectivity index (χ0v) is 22.0. The number of aliphatic hydroxyl groups excluding tert-OH is 6. The number of rotatable bonds is 9. The summed E-state index contributed by atoms with van der Waals surface area (Å²) in [6, 6.07) is 8.27. The van der Waals surface area contributed by atoms with E-state index >= 15 is 0 Å². The number of carbonyl (C=O) groups excluding carboxylic acids is 1. The molecule has 0 spiro atoms. The van der Waals surface area contributed by atoms with E-state index in [0.717, 1.165) is 11.8 Å². The Morgan fingerprint density at radius 2 is 1.57 bits per heavy atom. The molecule has 1 aromatic carbocycles. The first-order valence-corrected chi connectivity index (χ1v) is 11.6. The number of methoxy groups -OCH3 is 1. The number of hydrogen-bond acceptors (Lipinski definition) is 13. The van der Waals surface area contributed by atoms with Crippen molar-refractivity contribution in [2.24, 2.45) is 0 Å². The second kappa shape index (κ2) is 14.0. The summed E-state index contributed by atoms with van der Waals surface area (Å²) in [5.74, 6) is -1.48. The van der Waals surface area contributed by atoms with Gasteiger partial charge in [0.15, 0.2) is 12.6 Å². The van der Waals surface area contributed by atoms with Crippen molar-refractivity contribution in [1.82, 2.24) is 0 Å². The van der Waals surface area contributed by atoms with Crippen LogP contribution in [0.15, 0.2) is 30.3 Å². The summed E-state index contributed by atoms with van der Waals surface area (Å²) < 4.78 is 21.5. The number of aliphatic hydroxyl groups is 6. The van der Waals surface area contributed by atoms with Crippen LogP contribution in [-0.2, 0) is 23.7 Å². The number of carboxylic acids is 1. The second-order valence-corrected chi connectivity index (χ2v) is 9.14. The number of benzene rings is 1. The van der Waals surface area contributed by atoms with Crippen molar-refractivity contribution >= 4 is 17.7 Å².